The first-order valence-electron chi connectivity index (χ1n) is 12.7. The molecule has 170 valence electrons. The van der Waals surface area contributed by atoms with Crippen molar-refractivity contribution in [1.29, 1.82) is 0 Å². The molecule has 5 aliphatic carbocycles. The quantitative estimate of drug-likeness (QED) is 0.652. The second kappa shape index (κ2) is 7.76. The highest BCUT2D eigenvalue weighted by Gasteiger charge is 2.57. The number of anilines is 1. The van der Waals surface area contributed by atoms with Crippen molar-refractivity contribution >= 4 is 17.2 Å². The lowest BCUT2D eigenvalue weighted by atomic mass is 9.75. The Hall–Kier alpha value is -2.07. The highest BCUT2D eigenvalue weighted by Crippen LogP contribution is 2.65. The molecule has 1 aliphatic heterocycles. The van der Waals surface area contributed by atoms with E-state index in [1.165, 1.54) is 49.8 Å². The van der Waals surface area contributed by atoms with Crippen LogP contribution < -0.4 is 5.73 Å². The zero-order chi connectivity index (χ0) is 21.9. The SMILES string of the molecule is CN(CC1CN(C(=O)Cc2cc(C3=CC=CC3)ccc2N)C1)CC12CC3CC(CC1C3)C2. The van der Waals surface area contributed by atoms with Crippen LogP contribution in [0.1, 0.15) is 49.7 Å². The van der Waals surface area contributed by atoms with E-state index in [2.05, 4.69) is 42.3 Å². The number of rotatable bonds is 7. The molecule has 6 aliphatic rings. The molecule has 1 aromatic rings. The van der Waals surface area contributed by atoms with Gasteiger partial charge in [-0.2, -0.15) is 0 Å². The van der Waals surface area contributed by atoms with Gasteiger partial charge in [0.25, 0.3) is 0 Å². The fourth-order valence-corrected chi connectivity index (χ4v) is 8.05. The summed E-state index contributed by atoms with van der Waals surface area (Å²) < 4.78 is 0. The summed E-state index contributed by atoms with van der Waals surface area (Å²) in [5.41, 5.74) is 11.0. The van der Waals surface area contributed by atoms with Crippen LogP contribution in [0.25, 0.3) is 5.57 Å². The van der Waals surface area contributed by atoms with Crippen LogP contribution in [0, 0.1) is 29.1 Å². The number of nitrogens with zero attached hydrogens (tertiary/aromatic N) is 2. The van der Waals surface area contributed by atoms with Crippen LogP contribution in [0.3, 0.4) is 0 Å². The maximum Gasteiger partial charge on any atom is 0.227 e. The van der Waals surface area contributed by atoms with Gasteiger partial charge in [0.2, 0.25) is 5.91 Å². The normalized spacial score (nSPS) is 32.8. The molecule has 32 heavy (non-hydrogen) atoms. The van der Waals surface area contributed by atoms with Gasteiger partial charge in [-0.1, -0.05) is 24.3 Å². The number of hydrogen-bond acceptors (Lipinski definition) is 3. The molecule has 2 unspecified atom stereocenters. The smallest absolute Gasteiger partial charge is 0.227 e. The lowest BCUT2D eigenvalue weighted by molar-refractivity contribution is -0.137. The van der Waals surface area contributed by atoms with Crippen LogP contribution in [0.5, 0.6) is 0 Å². The molecule has 5 fully saturated rings. The van der Waals surface area contributed by atoms with E-state index < -0.39 is 0 Å². The number of hydrogen-bond donors (Lipinski definition) is 1. The molecule has 4 saturated carbocycles. The third-order valence-corrected chi connectivity index (χ3v) is 9.25. The first-order chi connectivity index (χ1) is 15.5. The summed E-state index contributed by atoms with van der Waals surface area (Å²) in [4.78, 5) is 17.5. The molecule has 2 atom stereocenters. The standard InChI is InChI=1S/C28H37N3O/c1-30(18-28-13-19-8-20(14-28)10-25(28)9-19)15-21-16-31(17-21)27(32)12-24-11-23(6-7-26(24)29)22-4-2-3-5-22/h2-4,6-7,11,19-21,25H,5,8-10,12-18,29H2,1H3. The number of benzene rings is 1. The summed E-state index contributed by atoms with van der Waals surface area (Å²) in [7, 11) is 2.32. The van der Waals surface area contributed by atoms with Crippen molar-refractivity contribution in [3.05, 3.63) is 47.6 Å². The van der Waals surface area contributed by atoms with Crippen LogP contribution in [-0.4, -0.2) is 48.9 Å². The van der Waals surface area contributed by atoms with Gasteiger partial charge in [0.15, 0.2) is 0 Å². The summed E-state index contributed by atoms with van der Waals surface area (Å²) in [5.74, 6) is 3.91. The van der Waals surface area contributed by atoms with Crippen molar-refractivity contribution in [2.45, 2.75) is 44.9 Å². The van der Waals surface area contributed by atoms with Crippen molar-refractivity contribution in [3.63, 3.8) is 0 Å². The number of likely N-dealkylation sites (tertiary alicyclic amines) is 1. The zero-order valence-electron chi connectivity index (χ0n) is 19.4. The number of allylic oxidation sites excluding steroid dienone is 4. The highest BCUT2D eigenvalue weighted by atomic mass is 16.2. The number of amides is 1. The molecular formula is C28H37N3O. The molecule has 0 radical (unpaired) electrons. The number of nitrogen functional groups attached to an aromatic ring is 1. The van der Waals surface area contributed by atoms with E-state index in [1.807, 2.05) is 11.0 Å². The Balaban J connectivity index is 1.00. The Morgan fingerprint density at radius 2 is 1.97 bits per heavy atom. The fourth-order valence-electron chi connectivity index (χ4n) is 8.05. The lowest BCUT2D eigenvalue weighted by Crippen LogP contribution is -2.54. The number of carbonyl (C=O) groups excluding carboxylic acids is 1. The van der Waals surface area contributed by atoms with Crippen LogP contribution in [0.15, 0.2) is 36.4 Å². The first-order valence-corrected chi connectivity index (χ1v) is 12.7. The minimum atomic E-state index is 0.219. The van der Waals surface area contributed by atoms with Gasteiger partial charge in [-0.15, -0.1) is 0 Å². The van der Waals surface area contributed by atoms with Crippen LogP contribution in [-0.2, 0) is 11.2 Å². The van der Waals surface area contributed by atoms with Crippen molar-refractivity contribution in [2.75, 3.05) is 39.0 Å². The van der Waals surface area contributed by atoms with Crippen LogP contribution in [0.2, 0.25) is 0 Å². The molecule has 2 N–H and O–H groups in total. The van der Waals surface area contributed by atoms with E-state index in [0.29, 0.717) is 17.8 Å². The van der Waals surface area contributed by atoms with E-state index in [1.54, 1.807) is 0 Å². The second-order valence-corrected chi connectivity index (χ2v) is 11.7. The largest absolute Gasteiger partial charge is 0.398 e. The predicted molar refractivity (Wildman–Crippen MR) is 130 cm³/mol. The summed E-state index contributed by atoms with van der Waals surface area (Å²) in [6, 6.07) is 6.13. The highest BCUT2D eigenvalue weighted by molar-refractivity contribution is 5.82. The Morgan fingerprint density at radius 3 is 2.69 bits per heavy atom. The fraction of sp³-hybridized carbons (Fsp3) is 0.607. The summed E-state index contributed by atoms with van der Waals surface area (Å²) in [5, 5.41) is 0. The molecule has 4 nitrogen and oxygen atoms in total. The minimum Gasteiger partial charge on any atom is -0.398 e. The van der Waals surface area contributed by atoms with Crippen LogP contribution in [0.4, 0.5) is 5.69 Å². The van der Waals surface area contributed by atoms with Crippen molar-refractivity contribution in [2.24, 2.45) is 29.1 Å². The molecule has 7 rings (SSSR count). The zero-order valence-corrected chi connectivity index (χ0v) is 19.4. The molecule has 1 saturated heterocycles. The van der Waals surface area contributed by atoms with E-state index >= 15 is 0 Å². The summed E-state index contributed by atoms with van der Waals surface area (Å²) in [6.45, 7) is 4.22. The average molecular weight is 432 g/mol. The minimum absolute atomic E-state index is 0.219. The Bertz CT molecular complexity index is 959. The van der Waals surface area contributed by atoms with E-state index in [9.17, 15) is 4.79 Å². The summed E-state index contributed by atoms with van der Waals surface area (Å²) >= 11 is 0. The topological polar surface area (TPSA) is 49.6 Å². The monoisotopic (exact) mass is 431 g/mol. The molecule has 1 aromatic carbocycles. The number of nitrogens with two attached hydrogens (primary N) is 1. The van der Waals surface area contributed by atoms with Crippen molar-refractivity contribution in [3.8, 4) is 0 Å². The first kappa shape index (κ1) is 20.5. The van der Waals surface area contributed by atoms with Gasteiger partial charge in [0.05, 0.1) is 6.42 Å². The van der Waals surface area contributed by atoms with Gasteiger partial charge >= 0.3 is 0 Å². The van der Waals surface area contributed by atoms with Gasteiger partial charge in [0, 0.05) is 37.8 Å². The number of carbonyl (C=O) groups is 1. The predicted octanol–water partition coefficient (Wildman–Crippen LogP) is 4.37. The molecule has 4 heteroatoms. The molecule has 1 amide bonds. The molecule has 4 bridgehead atoms. The van der Waals surface area contributed by atoms with Gasteiger partial charge in [-0.25, -0.2) is 0 Å². The van der Waals surface area contributed by atoms with Gasteiger partial charge < -0.3 is 15.5 Å². The Labute approximate surface area is 192 Å². The lowest BCUT2D eigenvalue weighted by Gasteiger charge is -2.43. The third-order valence-electron chi connectivity index (χ3n) is 9.25. The maximum absolute atomic E-state index is 12.9. The van der Waals surface area contributed by atoms with Crippen molar-refractivity contribution in [1.82, 2.24) is 9.80 Å². The van der Waals surface area contributed by atoms with Gasteiger partial charge in [-0.05, 0) is 97.6 Å². The van der Waals surface area contributed by atoms with E-state index in [4.69, 9.17) is 5.73 Å². The van der Waals surface area contributed by atoms with Gasteiger partial charge in [-0.3, -0.25) is 4.79 Å². The maximum atomic E-state index is 12.9. The Kier molecular flexibility index (Phi) is 4.98. The average Bonchev–Trinajstić information content (AvgIpc) is 3.39. The van der Waals surface area contributed by atoms with Gasteiger partial charge in [0.1, 0.15) is 0 Å². The molecule has 0 aromatic heterocycles. The molecular weight excluding hydrogens is 394 g/mol. The van der Waals surface area contributed by atoms with Crippen molar-refractivity contribution < 1.29 is 4.79 Å². The van der Waals surface area contributed by atoms with E-state index in [-0.39, 0.29) is 5.91 Å². The Morgan fingerprint density at radius 1 is 1.19 bits per heavy atom. The molecule has 0 spiro atoms. The van der Waals surface area contributed by atoms with Crippen LogP contribution >= 0.6 is 0 Å². The third kappa shape index (κ3) is 3.61. The van der Waals surface area contributed by atoms with E-state index in [0.717, 1.165) is 55.1 Å². The summed E-state index contributed by atoms with van der Waals surface area (Å²) in [6.07, 6.45) is 15.3. The second-order valence-electron chi connectivity index (χ2n) is 11.7. The molecule has 1 heterocycles.